The third-order valence-electron chi connectivity index (χ3n) is 4.09. The molecule has 0 radical (unpaired) electrons. The normalized spacial score (nSPS) is 18.6. The Labute approximate surface area is 138 Å². The van der Waals surface area contributed by atoms with Crippen LogP contribution in [0, 0.1) is 10.1 Å². The highest BCUT2D eigenvalue weighted by atomic mass is 32.2. The van der Waals surface area contributed by atoms with E-state index in [9.17, 15) is 18.5 Å². The Bertz CT molecular complexity index is 827. The zero-order chi connectivity index (χ0) is 16.6. The molecule has 1 aliphatic rings. The molecule has 0 amide bonds. The van der Waals surface area contributed by atoms with Gasteiger partial charge in [0.1, 0.15) is 0 Å². The molecule has 1 aromatic heterocycles. The van der Waals surface area contributed by atoms with Gasteiger partial charge >= 0.3 is 0 Å². The molecule has 2 heterocycles. The smallest absolute Gasteiger partial charge is 0.258 e. The Morgan fingerprint density at radius 3 is 2.61 bits per heavy atom. The molecule has 0 saturated heterocycles. The van der Waals surface area contributed by atoms with Crippen LogP contribution in [0.5, 0.6) is 0 Å². The Morgan fingerprint density at radius 1 is 1.30 bits per heavy atom. The molecule has 0 fully saturated rings. The Hall–Kier alpha value is -1.77. The van der Waals surface area contributed by atoms with E-state index < -0.39 is 14.9 Å². The number of fused-ring (bicyclic) bond motifs is 1. The Balaban J connectivity index is 1.97. The molecule has 8 heteroatoms. The molecule has 122 valence electrons. The largest absolute Gasteiger partial charge is 0.269 e. The molecule has 3 rings (SSSR count). The molecule has 0 bridgehead atoms. The summed E-state index contributed by atoms with van der Waals surface area (Å²) in [5, 5.41) is 12.7. The number of nitro benzene ring substituents is 1. The van der Waals surface area contributed by atoms with E-state index in [1.807, 2.05) is 18.4 Å². The fourth-order valence-electron chi connectivity index (χ4n) is 2.96. The number of non-ortho nitro benzene ring substituents is 1. The first-order valence-corrected chi connectivity index (χ1v) is 9.59. The average Bonchev–Trinajstić information content (AvgIpc) is 3.02. The van der Waals surface area contributed by atoms with E-state index in [0.717, 1.165) is 5.56 Å². The van der Waals surface area contributed by atoms with Crippen molar-refractivity contribution in [1.29, 1.82) is 0 Å². The van der Waals surface area contributed by atoms with Gasteiger partial charge in [-0.1, -0.05) is 6.92 Å². The van der Waals surface area contributed by atoms with Gasteiger partial charge in [0.25, 0.3) is 5.69 Å². The summed E-state index contributed by atoms with van der Waals surface area (Å²) in [5.74, 6) is 0. The zero-order valence-corrected chi connectivity index (χ0v) is 14.1. The molecule has 23 heavy (non-hydrogen) atoms. The second kappa shape index (κ2) is 6.03. The monoisotopic (exact) mass is 352 g/mol. The number of benzene rings is 1. The van der Waals surface area contributed by atoms with Crippen molar-refractivity contribution in [3.05, 3.63) is 56.3 Å². The van der Waals surface area contributed by atoms with Crippen LogP contribution in [-0.4, -0.2) is 24.2 Å². The van der Waals surface area contributed by atoms with Crippen LogP contribution in [0.2, 0.25) is 0 Å². The lowest BCUT2D eigenvalue weighted by Gasteiger charge is -2.34. The Morgan fingerprint density at radius 2 is 2.00 bits per heavy atom. The first kappa shape index (κ1) is 16.1. The SMILES string of the molecule is CC[C@@H]1c2ccsc2CCN1S(=O)(=O)c1ccc([N+](=O)[O-])cc1. The van der Waals surface area contributed by atoms with Crippen LogP contribution in [0.1, 0.15) is 29.8 Å². The number of thiophene rings is 1. The number of hydrogen-bond acceptors (Lipinski definition) is 5. The fraction of sp³-hybridized carbons (Fsp3) is 0.333. The highest BCUT2D eigenvalue weighted by Gasteiger charge is 2.36. The van der Waals surface area contributed by atoms with Gasteiger partial charge in [-0.15, -0.1) is 11.3 Å². The second-order valence-electron chi connectivity index (χ2n) is 5.34. The van der Waals surface area contributed by atoms with Crippen molar-refractivity contribution in [3.63, 3.8) is 0 Å². The molecule has 1 aliphatic heterocycles. The quantitative estimate of drug-likeness (QED) is 0.624. The average molecular weight is 352 g/mol. The number of hydrogen-bond donors (Lipinski definition) is 0. The minimum absolute atomic E-state index is 0.0974. The van der Waals surface area contributed by atoms with Gasteiger partial charge in [0.2, 0.25) is 10.0 Å². The van der Waals surface area contributed by atoms with Crippen LogP contribution < -0.4 is 0 Å². The molecule has 0 unspecified atom stereocenters. The molecule has 1 atom stereocenters. The summed E-state index contributed by atoms with van der Waals surface area (Å²) in [6.45, 7) is 2.40. The van der Waals surface area contributed by atoms with Gasteiger partial charge in [-0.3, -0.25) is 10.1 Å². The summed E-state index contributed by atoms with van der Waals surface area (Å²) in [7, 11) is -3.67. The van der Waals surface area contributed by atoms with Crippen LogP contribution in [0.4, 0.5) is 5.69 Å². The molecule has 0 saturated carbocycles. The molecule has 2 aromatic rings. The summed E-state index contributed by atoms with van der Waals surface area (Å²) < 4.78 is 27.4. The van der Waals surface area contributed by atoms with Crippen LogP contribution >= 0.6 is 11.3 Å². The van der Waals surface area contributed by atoms with Crippen molar-refractivity contribution >= 4 is 27.0 Å². The number of nitrogens with zero attached hydrogens (tertiary/aromatic N) is 2. The molecular formula is C15H16N2O4S2. The number of rotatable bonds is 4. The summed E-state index contributed by atoms with van der Waals surface area (Å²) in [5.41, 5.74) is 0.962. The van der Waals surface area contributed by atoms with Crippen LogP contribution in [0.15, 0.2) is 40.6 Å². The highest BCUT2D eigenvalue weighted by molar-refractivity contribution is 7.89. The first-order valence-electron chi connectivity index (χ1n) is 7.27. The van der Waals surface area contributed by atoms with Gasteiger partial charge in [0.05, 0.1) is 15.9 Å². The van der Waals surface area contributed by atoms with Gasteiger partial charge in [0.15, 0.2) is 0 Å². The third kappa shape index (κ3) is 2.77. The van der Waals surface area contributed by atoms with E-state index >= 15 is 0 Å². The highest BCUT2D eigenvalue weighted by Crippen LogP contribution is 2.38. The van der Waals surface area contributed by atoms with Crippen molar-refractivity contribution in [2.24, 2.45) is 0 Å². The Kier molecular flexibility index (Phi) is 4.22. The van der Waals surface area contributed by atoms with E-state index in [1.54, 1.807) is 11.3 Å². The van der Waals surface area contributed by atoms with Crippen molar-refractivity contribution < 1.29 is 13.3 Å². The standard InChI is InChI=1S/C15H16N2O4S2/c1-2-14-13-8-10-22-15(13)7-9-16(14)23(20,21)12-5-3-11(4-6-12)17(18)19/h3-6,8,10,14H,2,7,9H2,1H3/t14-/m1/s1. The maximum atomic E-state index is 12.9. The first-order chi connectivity index (χ1) is 10.9. The van der Waals surface area contributed by atoms with E-state index in [0.29, 0.717) is 19.4 Å². The molecular weight excluding hydrogens is 336 g/mol. The van der Waals surface area contributed by atoms with E-state index in [2.05, 4.69) is 0 Å². The zero-order valence-electron chi connectivity index (χ0n) is 12.5. The third-order valence-corrected chi connectivity index (χ3v) is 7.01. The van der Waals surface area contributed by atoms with E-state index in [4.69, 9.17) is 0 Å². The lowest BCUT2D eigenvalue weighted by Crippen LogP contribution is -2.39. The number of nitro groups is 1. The summed E-state index contributed by atoms with van der Waals surface area (Å²) in [6, 6.07) is 6.89. The topological polar surface area (TPSA) is 80.5 Å². The van der Waals surface area contributed by atoms with Gasteiger partial charge in [-0.05, 0) is 42.0 Å². The van der Waals surface area contributed by atoms with E-state index in [-0.39, 0.29) is 16.6 Å². The summed E-state index contributed by atoms with van der Waals surface area (Å²) in [4.78, 5) is 11.5. The number of sulfonamides is 1. The lowest BCUT2D eigenvalue weighted by atomic mass is 10.0. The molecule has 0 spiro atoms. The maximum Gasteiger partial charge on any atom is 0.269 e. The predicted octanol–water partition coefficient (Wildman–Crippen LogP) is 3.35. The van der Waals surface area contributed by atoms with Crippen LogP contribution in [0.3, 0.4) is 0 Å². The van der Waals surface area contributed by atoms with Crippen LogP contribution in [0.25, 0.3) is 0 Å². The molecule has 1 aromatic carbocycles. The lowest BCUT2D eigenvalue weighted by molar-refractivity contribution is -0.384. The van der Waals surface area contributed by atoms with Gasteiger partial charge in [0, 0.05) is 23.6 Å². The van der Waals surface area contributed by atoms with E-state index in [1.165, 1.54) is 33.4 Å². The predicted molar refractivity (Wildman–Crippen MR) is 88.0 cm³/mol. The maximum absolute atomic E-state index is 12.9. The van der Waals surface area contributed by atoms with Gasteiger partial charge in [-0.25, -0.2) is 8.42 Å². The fourth-order valence-corrected chi connectivity index (χ4v) is 5.57. The minimum atomic E-state index is -3.67. The van der Waals surface area contributed by atoms with Crippen molar-refractivity contribution in [1.82, 2.24) is 4.31 Å². The molecule has 0 N–H and O–H groups in total. The minimum Gasteiger partial charge on any atom is -0.258 e. The van der Waals surface area contributed by atoms with Crippen molar-refractivity contribution in [2.75, 3.05) is 6.54 Å². The van der Waals surface area contributed by atoms with Crippen LogP contribution in [-0.2, 0) is 16.4 Å². The second-order valence-corrected chi connectivity index (χ2v) is 8.23. The van der Waals surface area contributed by atoms with Gasteiger partial charge in [-0.2, -0.15) is 4.31 Å². The molecule has 0 aliphatic carbocycles. The van der Waals surface area contributed by atoms with Crippen molar-refractivity contribution in [3.8, 4) is 0 Å². The summed E-state index contributed by atoms with van der Waals surface area (Å²) in [6.07, 6.45) is 1.39. The van der Waals surface area contributed by atoms with Gasteiger partial charge < -0.3 is 0 Å². The summed E-state index contributed by atoms with van der Waals surface area (Å²) >= 11 is 1.66. The molecule has 6 nitrogen and oxygen atoms in total. The van der Waals surface area contributed by atoms with Crippen molar-refractivity contribution in [2.45, 2.75) is 30.7 Å².